The van der Waals surface area contributed by atoms with Gasteiger partial charge in [-0.25, -0.2) is 4.98 Å². The predicted molar refractivity (Wildman–Crippen MR) is 144 cm³/mol. The van der Waals surface area contributed by atoms with E-state index in [4.69, 9.17) is 0 Å². The summed E-state index contributed by atoms with van der Waals surface area (Å²) in [7, 11) is 2.08. The van der Waals surface area contributed by atoms with Gasteiger partial charge in [-0.3, -0.25) is 9.59 Å². The lowest BCUT2D eigenvalue weighted by atomic mass is 10.1. The van der Waals surface area contributed by atoms with E-state index in [0.717, 1.165) is 61.5 Å². The molecule has 1 saturated carbocycles. The maximum Gasteiger partial charge on any atom is 0.251 e. The number of benzene rings is 2. The van der Waals surface area contributed by atoms with Crippen molar-refractivity contribution in [1.82, 2.24) is 25.1 Å². The molecule has 1 aliphatic heterocycles. The Hall–Kier alpha value is -3.98. The molecule has 2 aliphatic rings. The molecule has 2 heterocycles. The van der Waals surface area contributed by atoms with Crippen molar-refractivity contribution < 1.29 is 9.59 Å². The van der Waals surface area contributed by atoms with Crippen molar-refractivity contribution in [3.05, 3.63) is 71.4 Å². The molecule has 9 nitrogen and oxygen atoms in total. The summed E-state index contributed by atoms with van der Waals surface area (Å²) < 4.78 is 0. The molecule has 37 heavy (non-hydrogen) atoms. The Labute approximate surface area is 217 Å². The second-order valence-electron chi connectivity index (χ2n) is 9.86. The minimum Gasteiger partial charge on any atom is -0.349 e. The third-order valence-electron chi connectivity index (χ3n) is 6.72. The van der Waals surface area contributed by atoms with Crippen molar-refractivity contribution in [3.63, 3.8) is 0 Å². The zero-order valence-corrected chi connectivity index (χ0v) is 21.3. The van der Waals surface area contributed by atoms with E-state index in [1.807, 2.05) is 60.4 Å². The second kappa shape index (κ2) is 11.0. The Balaban J connectivity index is 1.18. The Morgan fingerprint density at radius 2 is 1.57 bits per heavy atom. The monoisotopic (exact) mass is 499 g/mol. The fourth-order valence-corrected chi connectivity index (χ4v) is 4.14. The van der Waals surface area contributed by atoms with Gasteiger partial charge < -0.3 is 25.8 Å². The van der Waals surface area contributed by atoms with E-state index in [9.17, 15) is 9.59 Å². The van der Waals surface area contributed by atoms with E-state index < -0.39 is 0 Å². The number of rotatable bonds is 8. The van der Waals surface area contributed by atoms with E-state index in [2.05, 4.69) is 37.9 Å². The van der Waals surface area contributed by atoms with Gasteiger partial charge in [-0.05, 0) is 68.8 Å². The zero-order chi connectivity index (χ0) is 25.8. The van der Waals surface area contributed by atoms with Gasteiger partial charge in [0.2, 0.25) is 11.9 Å². The van der Waals surface area contributed by atoms with E-state index in [1.165, 1.54) is 0 Å². The minimum atomic E-state index is -0.0338. The number of carbonyl (C=O) groups is 2. The number of aryl methyl sites for hydroxylation is 1. The normalized spacial score (nSPS) is 15.8. The van der Waals surface area contributed by atoms with Gasteiger partial charge in [0.1, 0.15) is 5.82 Å². The van der Waals surface area contributed by atoms with Gasteiger partial charge in [0.05, 0.1) is 6.42 Å². The van der Waals surface area contributed by atoms with Crippen LogP contribution in [0.4, 0.5) is 23.1 Å². The molecule has 192 valence electrons. The number of aromatic nitrogens is 2. The van der Waals surface area contributed by atoms with E-state index in [1.54, 1.807) is 6.20 Å². The molecule has 2 aromatic carbocycles. The first-order valence-electron chi connectivity index (χ1n) is 12.8. The number of anilines is 4. The van der Waals surface area contributed by atoms with Crippen molar-refractivity contribution in [3.8, 4) is 0 Å². The van der Waals surface area contributed by atoms with Crippen LogP contribution in [0, 0.1) is 6.92 Å². The molecule has 0 bridgehead atoms. The average Bonchev–Trinajstić information content (AvgIpc) is 3.72. The quantitative estimate of drug-likeness (QED) is 0.436. The lowest BCUT2D eigenvalue weighted by molar-refractivity contribution is -0.132. The van der Waals surface area contributed by atoms with Crippen LogP contribution >= 0.6 is 0 Å². The fraction of sp³-hybridized carbons (Fsp3) is 0.357. The number of amides is 2. The number of hydrogen-bond donors (Lipinski definition) is 3. The smallest absolute Gasteiger partial charge is 0.251 e. The predicted octanol–water partition coefficient (Wildman–Crippen LogP) is 3.48. The van der Waals surface area contributed by atoms with Crippen LogP contribution < -0.4 is 16.0 Å². The first kappa shape index (κ1) is 24.7. The highest BCUT2D eigenvalue weighted by atomic mass is 16.2. The molecular formula is C28H33N7O2. The highest BCUT2D eigenvalue weighted by Gasteiger charge is 2.23. The molecule has 2 fully saturated rings. The van der Waals surface area contributed by atoms with Crippen LogP contribution in [0.1, 0.15) is 34.3 Å². The number of nitrogens with one attached hydrogen (secondary N) is 3. The maximum absolute atomic E-state index is 12.6. The van der Waals surface area contributed by atoms with Crippen molar-refractivity contribution in [2.45, 2.75) is 32.2 Å². The molecule has 3 N–H and O–H groups in total. The molecule has 2 amide bonds. The topological polar surface area (TPSA) is 102 Å². The van der Waals surface area contributed by atoms with Gasteiger partial charge in [0, 0.05) is 60.9 Å². The van der Waals surface area contributed by atoms with Crippen LogP contribution in [0.3, 0.4) is 0 Å². The van der Waals surface area contributed by atoms with Crippen LogP contribution in [-0.2, 0) is 11.2 Å². The summed E-state index contributed by atoms with van der Waals surface area (Å²) in [6.45, 7) is 5.36. The first-order valence-corrected chi connectivity index (χ1v) is 12.8. The zero-order valence-electron chi connectivity index (χ0n) is 21.3. The summed E-state index contributed by atoms with van der Waals surface area (Å²) in [4.78, 5) is 38.0. The second-order valence-corrected chi connectivity index (χ2v) is 9.86. The van der Waals surface area contributed by atoms with E-state index >= 15 is 0 Å². The summed E-state index contributed by atoms with van der Waals surface area (Å²) in [5, 5.41) is 9.55. The standard InChI is InChI=1S/C28H33N7O2/c1-19-18-29-28(33-26(19)30-22-9-5-21(6-10-22)27(37)31-23-11-12-23)32-24-7-3-20(4-8-24)17-25(36)35-15-13-34(2)14-16-35/h3-10,18,23H,11-17H2,1-2H3,(H,31,37)(H2,29,30,32,33). The Morgan fingerprint density at radius 1 is 0.919 bits per heavy atom. The Bertz CT molecular complexity index is 1250. The van der Waals surface area contributed by atoms with Crippen LogP contribution in [0.5, 0.6) is 0 Å². The van der Waals surface area contributed by atoms with E-state index in [0.29, 0.717) is 29.8 Å². The molecule has 3 aromatic rings. The van der Waals surface area contributed by atoms with Crippen LogP contribution in [-0.4, -0.2) is 70.9 Å². The maximum atomic E-state index is 12.6. The minimum absolute atomic E-state index is 0.0338. The van der Waals surface area contributed by atoms with Gasteiger partial charge in [-0.15, -0.1) is 0 Å². The van der Waals surface area contributed by atoms with Crippen molar-refractivity contribution in [1.29, 1.82) is 0 Å². The molecular weight excluding hydrogens is 466 g/mol. The molecule has 1 saturated heterocycles. The lowest BCUT2D eigenvalue weighted by Crippen LogP contribution is -2.47. The molecule has 0 radical (unpaired) electrons. The highest BCUT2D eigenvalue weighted by Crippen LogP contribution is 2.23. The average molecular weight is 500 g/mol. The van der Waals surface area contributed by atoms with Crippen LogP contribution in [0.25, 0.3) is 0 Å². The summed E-state index contributed by atoms with van der Waals surface area (Å²) in [5.74, 6) is 1.29. The number of hydrogen-bond acceptors (Lipinski definition) is 7. The number of piperazine rings is 1. The van der Waals surface area contributed by atoms with Crippen molar-refractivity contribution in [2.24, 2.45) is 0 Å². The van der Waals surface area contributed by atoms with Crippen molar-refractivity contribution in [2.75, 3.05) is 43.9 Å². The summed E-state index contributed by atoms with van der Waals surface area (Å²) >= 11 is 0. The summed E-state index contributed by atoms with van der Waals surface area (Å²) in [6.07, 6.45) is 4.29. The van der Waals surface area contributed by atoms with Gasteiger partial charge in [0.15, 0.2) is 0 Å². The van der Waals surface area contributed by atoms with Gasteiger partial charge in [0.25, 0.3) is 5.91 Å². The third kappa shape index (κ3) is 6.62. The van der Waals surface area contributed by atoms with Gasteiger partial charge in [-0.1, -0.05) is 12.1 Å². The largest absolute Gasteiger partial charge is 0.349 e. The van der Waals surface area contributed by atoms with Crippen LogP contribution in [0.15, 0.2) is 54.7 Å². The number of likely N-dealkylation sites (N-methyl/N-ethyl adjacent to an activating group) is 1. The fourth-order valence-electron chi connectivity index (χ4n) is 4.14. The molecule has 0 spiro atoms. The first-order chi connectivity index (χ1) is 17.9. The number of nitrogens with zero attached hydrogens (tertiary/aromatic N) is 4. The molecule has 0 unspecified atom stereocenters. The SMILES string of the molecule is Cc1cnc(Nc2ccc(CC(=O)N3CCN(C)CC3)cc2)nc1Nc1ccc(C(=O)NC2CC2)cc1. The highest BCUT2D eigenvalue weighted by molar-refractivity contribution is 5.95. The Morgan fingerprint density at radius 3 is 2.24 bits per heavy atom. The van der Waals surface area contributed by atoms with Gasteiger partial charge >= 0.3 is 0 Å². The molecule has 1 aliphatic carbocycles. The van der Waals surface area contributed by atoms with E-state index in [-0.39, 0.29) is 11.8 Å². The molecule has 1 aromatic heterocycles. The molecule has 5 rings (SSSR count). The number of carbonyl (C=O) groups excluding carboxylic acids is 2. The Kier molecular flexibility index (Phi) is 7.32. The molecule has 0 atom stereocenters. The van der Waals surface area contributed by atoms with Crippen molar-refractivity contribution >= 4 is 35.0 Å². The van der Waals surface area contributed by atoms with Gasteiger partial charge in [-0.2, -0.15) is 4.98 Å². The summed E-state index contributed by atoms with van der Waals surface area (Å²) in [5.41, 5.74) is 4.21. The third-order valence-corrected chi connectivity index (χ3v) is 6.72. The lowest BCUT2D eigenvalue weighted by Gasteiger charge is -2.32. The van der Waals surface area contributed by atoms with Crippen LogP contribution in [0.2, 0.25) is 0 Å². The molecule has 9 heteroatoms. The summed E-state index contributed by atoms with van der Waals surface area (Å²) in [6, 6.07) is 15.5.